The van der Waals surface area contributed by atoms with Gasteiger partial charge in [0.25, 0.3) is 0 Å². The van der Waals surface area contributed by atoms with Crippen molar-refractivity contribution >= 4 is 11.6 Å². The van der Waals surface area contributed by atoms with E-state index in [0.29, 0.717) is 5.69 Å². The molecule has 0 spiro atoms. The number of anilines is 1. The number of rotatable bonds is 4. The van der Waals surface area contributed by atoms with Gasteiger partial charge in [0.2, 0.25) is 5.91 Å². The SMILES string of the molecule is CC(C(=O)Nc1ccc(OC(F)(F)F)cc1)n1cccn1. The van der Waals surface area contributed by atoms with Gasteiger partial charge in [-0.05, 0) is 37.3 Å². The number of aromatic nitrogens is 2. The highest BCUT2D eigenvalue weighted by Crippen LogP contribution is 2.24. The second-order valence-electron chi connectivity index (χ2n) is 4.22. The van der Waals surface area contributed by atoms with Crippen molar-refractivity contribution < 1.29 is 22.7 Å². The minimum atomic E-state index is -4.74. The van der Waals surface area contributed by atoms with Crippen LogP contribution in [0.3, 0.4) is 0 Å². The molecule has 0 aliphatic rings. The molecule has 1 aromatic heterocycles. The number of nitrogens with one attached hydrogen (secondary N) is 1. The van der Waals surface area contributed by atoms with Crippen LogP contribution < -0.4 is 10.1 Å². The number of carbonyl (C=O) groups is 1. The molecule has 1 heterocycles. The summed E-state index contributed by atoms with van der Waals surface area (Å²) < 4.78 is 41.2. The molecule has 0 saturated heterocycles. The molecule has 1 N–H and O–H groups in total. The number of nitrogens with zero attached hydrogens (tertiary/aromatic N) is 2. The van der Waals surface area contributed by atoms with Crippen molar-refractivity contribution in [3.05, 3.63) is 42.7 Å². The van der Waals surface area contributed by atoms with Crippen LogP contribution in [0.5, 0.6) is 5.75 Å². The summed E-state index contributed by atoms with van der Waals surface area (Å²) in [6.45, 7) is 1.66. The fourth-order valence-electron chi connectivity index (χ4n) is 1.62. The van der Waals surface area contributed by atoms with Gasteiger partial charge in [-0.15, -0.1) is 13.2 Å². The van der Waals surface area contributed by atoms with E-state index in [1.165, 1.54) is 16.8 Å². The fourth-order valence-corrected chi connectivity index (χ4v) is 1.62. The van der Waals surface area contributed by atoms with Crippen molar-refractivity contribution in [2.45, 2.75) is 19.3 Å². The molecule has 0 fully saturated rings. The summed E-state index contributed by atoms with van der Waals surface area (Å²) in [5.74, 6) is -0.677. The molecule has 8 heteroatoms. The van der Waals surface area contributed by atoms with Crippen molar-refractivity contribution in [1.29, 1.82) is 0 Å². The Hall–Kier alpha value is -2.51. The average Bonchev–Trinajstić information content (AvgIpc) is 2.92. The first-order valence-corrected chi connectivity index (χ1v) is 6.01. The van der Waals surface area contributed by atoms with E-state index in [2.05, 4.69) is 15.2 Å². The molecule has 1 aromatic carbocycles. The number of amides is 1. The molecule has 1 unspecified atom stereocenters. The van der Waals surface area contributed by atoms with Crippen molar-refractivity contribution in [2.75, 3.05) is 5.32 Å². The number of hydrogen-bond acceptors (Lipinski definition) is 3. The Morgan fingerprint density at radius 3 is 2.52 bits per heavy atom. The predicted molar refractivity (Wildman–Crippen MR) is 68.7 cm³/mol. The van der Waals surface area contributed by atoms with Crippen LogP contribution in [0.1, 0.15) is 13.0 Å². The second-order valence-corrected chi connectivity index (χ2v) is 4.22. The standard InChI is InChI=1S/C13H12F3N3O2/c1-9(19-8-2-7-17-19)12(20)18-10-3-5-11(6-4-10)21-13(14,15)16/h2-9H,1H3,(H,18,20). The number of carbonyl (C=O) groups excluding carboxylic acids is 1. The number of hydrogen-bond donors (Lipinski definition) is 1. The zero-order chi connectivity index (χ0) is 15.5. The summed E-state index contributed by atoms with van der Waals surface area (Å²) in [7, 11) is 0. The van der Waals surface area contributed by atoms with E-state index in [9.17, 15) is 18.0 Å². The Balaban J connectivity index is 1.98. The monoisotopic (exact) mass is 299 g/mol. The topological polar surface area (TPSA) is 56.1 Å². The summed E-state index contributed by atoms with van der Waals surface area (Å²) in [4.78, 5) is 11.9. The zero-order valence-electron chi connectivity index (χ0n) is 11.0. The largest absolute Gasteiger partial charge is 0.573 e. The van der Waals surface area contributed by atoms with Crippen molar-refractivity contribution in [2.24, 2.45) is 0 Å². The second kappa shape index (κ2) is 5.86. The van der Waals surface area contributed by atoms with E-state index >= 15 is 0 Å². The van der Waals surface area contributed by atoms with E-state index in [4.69, 9.17) is 0 Å². The Bertz CT molecular complexity index is 594. The fraction of sp³-hybridized carbons (Fsp3) is 0.231. The third kappa shape index (κ3) is 4.23. The summed E-state index contributed by atoms with van der Waals surface area (Å²) in [5.41, 5.74) is 0.369. The molecule has 21 heavy (non-hydrogen) atoms. The lowest BCUT2D eigenvalue weighted by Crippen LogP contribution is -2.24. The van der Waals surface area contributed by atoms with Gasteiger partial charge in [0.1, 0.15) is 11.8 Å². The van der Waals surface area contributed by atoms with Gasteiger partial charge >= 0.3 is 6.36 Å². The molecule has 1 amide bonds. The number of halogens is 3. The maximum Gasteiger partial charge on any atom is 0.573 e. The minimum Gasteiger partial charge on any atom is -0.406 e. The van der Waals surface area contributed by atoms with E-state index in [-0.39, 0.29) is 11.7 Å². The normalized spacial score (nSPS) is 12.8. The Morgan fingerprint density at radius 1 is 1.33 bits per heavy atom. The summed E-state index contributed by atoms with van der Waals surface area (Å²) >= 11 is 0. The van der Waals surface area contributed by atoms with Gasteiger partial charge < -0.3 is 10.1 Å². The third-order valence-electron chi connectivity index (χ3n) is 2.66. The molecule has 0 aliphatic heterocycles. The lowest BCUT2D eigenvalue weighted by atomic mass is 10.2. The van der Waals surface area contributed by atoms with Crippen LogP contribution in [0.2, 0.25) is 0 Å². The Kier molecular flexibility index (Phi) is 4.15. The van der Waals surface area contributed by atoms with Gasteiger partial charge in [0.15, 0.2) is 0 Å². The minimum absolute atomic E-state index is 0.330. The summed E-state index contributed by atoms with van der Waals surface area (Å²) in [6, 6.07) is 6.06. The highest BCUT2D eigenvalue weighted by atomic mass is 19.4. The molecule has 2 rings (SSSR count). The number of ether oxygens (including phenoxy) is 1. The van der Waals surface area contributed by atoms with Crippen LogP contribution >= 0.6 is 0 Å². The van der Waals surface area contributed by atoms with Crippen LogP contribution in [0, 0.1) is 0 Å². The van der Waals surface area contributed by atoms with Gasteiger partial charge in [0.05, 0.1) is 0 Å². The lowest BCUT2D eigenvalue weighted by Gasteiger charge is -2.13. The van der Waals surface area contributed by atoms with Crippen molar-refractivity contribution in [1.82, 2.24) is 9.78 Å². The summed E-state index contributed by atoms with van der Waals surface area (Å²) in [6.07, 6.45) is -1.54. The third-order valence-corrected chi connectivity index (χ3v) is 2.66. The van der Waals surface area contributed by atoms with Gasteiger partial charge in [-0.25, -0.2) is 0 Å². The maximum absolute atomic E-state index is 12.0. The van der Waals surface area contributed by atoms with Crippen LogP contribution in [-0.2, 0) is 4.79 Å². The first kappa shape index (κ1) is 14.9. The van der Waals surface area contributed by atoms with Crippen molar-refractivity contribution in [3.63, 3.8) is 0 Å². The van der Waals surface area contributed by atoms with Gasteiger partial charge in [0, 0.05) is 18.1 Å². The van der Waals surface area contributed by atoms with Crippen LogP contribution in [0.25, 0.3) is 0 Å². The molecule has 112 valence electrons. The molecule has 0 bridgehead atoms. The van der Waals surface area contributed by atoms with E-state index in [1.54, 1.807) is 25.4 Å². The Morgan fingerprint density at radius 2 is 2.00 bits per heavy atom. The zero-order valence-corrected chi connectivity index (χ0v) is 11.0. The van der Waals surface area contributed by atoms with Crippen LogP contribution in [0.15, 0.2) is 42.7 Å². The maximum atomic E-state index is 12.0. The lowest BCUT2D eigenvalue weighted by molar-refractivity contribution is -0.274. The van der Waals surface area contributed by atoms with Gasteiger partial charge in [-0.2, -0.15) is 5.10 Å². The molecular formula is C13H12F3N3O2. The van der Waals surface area contributed by atoms with Crippen LogP contribution in [0.4, 0.5) is 18.9 Å². The van der Waals surface area contributed by atoms with Crippen molar-refractivity contribution in [3.8, 4) is 5.75 Å². The molecule has 0 aliphatic carbocycles. The van der Waals surface area contributed by atoms with Gasteiger partial charge in [-0.1, -0.05) is 0 Å². The smallest absolute Gasteiger partial charge is 0.406 e. The molecule has 1 atom stereocenters. The highest BCUT2D eigenvalue weighted by Gasteiger charge is 2.31. The number of alkyl halides is 3. The highest BCUT2D eigenvalue weighted by molar-refractivity contribution is 5.93. The molecule has 2 aromatic rings. The first-order valence-electron chi connectivity index (χ1n) is 6.01. The molecular weight excluding hydrogens is 287 g/mol. The predicted octanol–water partition coefficient (Wildman–Crippen LogP) is 2.98. The van der Waals surface area contributed by atoms with Crippen LogP contribution in [-0.4, -0.2) is 22.1 Å². The van der Waals surface area contributed by atoms with E-state index in [1.807, 2.05) is 0 Å². The Labute approximate surface area is 118 Å². The van der Waals surface area contributed by atoms with E-state index < -0.39 is 12.4 Å². The van der Waals surface area contributed by atoms with E-state index in [0.717, 1.165) is 12.1 Å². The quantitative estimate of drug-likeness (QED) is 0.944. The number of benzene rings is 1. The molecule has 0 radical (unpaired) electrons. The first-order chi connectivity index (χ1) is 9.85. The average molecular weight is 299 g/mol. The van der Waals surface area contributed by atoms with Gasteiger partial charge in [-0.3, -0.25) is 9.48 Å². The molecule has 5 nitrogen and oxygen atoms in total. The molecule has 0 saturated carbocycles. The summed E-state index contributed by atoms with van der Waals surface area (Å²) in [5, 5.41) is 6.53.